The van der Waals surface area contributed by atoms with Crippen LogP contribution in [0.3, 0.4) is 0 Å². The van der Waals surface area contributed by atoms with Gasteiger partial charge in [0.15, 0.2) is 15.2 Å². The molecule has 0 aromatic carbocycles. The average molecular weight is 353 g/mol. The van der Waals surface area contributed by atoms with E-state index in [1.165, 1.54) is 13.8 Å². The van der Waals surface area contributed by atoms with E-state index in [4.69, 9.17) is 15.5 Å². The Hall–Kier alpha value is 4.22. The summed E-state index contributed by atoms with van der Waals surface area (Å²) in [5.74, 6) is -0.793. The van der Waals surface area contributed by atoms with E-state index in [9.17, 15) is 24.0 Å². The maximum absolute atomic E-state index is 10.8. The number of rotatable bonds is 4. The Morgan fingerprint density at radius 2 is 1.26 bits per heavy atom. The standard InChI is InChI=1S/C5H15NO7P2.4Na/c1-3(2)4(6)5(7,14(8,9)10)15(11,12)13;;;;/h3-4,7H,6H2,1-2H3,(H2,8,9,10)(H2,11,12,13);;;;/q;;;2*+1/p-2/t4-;;;;/m0..../s1. The summed E-state index contributed by atoms with van der Waals surface area (Å²) in [6.07, 6.45) is 0. The number of nitrogens with two attached hydrogens (primary N) is 1. The Morgan fingerprint density at radius 1 is 1.05 bits per heavy atom. The molecule has 19 heavy (non-hydrogen) atoms. The second-order valence-corrected chi connectivity index (χ2v) is 7.30. The zero-order valence-electron chi connectivity index (χ0n) is 12.1. The Morgan fingerprint density at radius 3 is 1.32 bits per heavy atom. The zero-order valence-corrected chi connectivity index (χ0v) is 21.9. The molecule has 0 saturated heterocycles. The molecule has 3 atom stereocenters. The summed E-state index contributed by atoms with van der Waals surface area (Å²) in [6.45, 7) is 2.64. The van der Waals surface area contributed by atoms with Crippen LogP contribution < -0.4 is 74.6 Å². The second-order valence-electron chi connectivity index (χ2n) is 3.50. The Kier molecular flexibility index (Phi) is 22.8. The molecule has 0 aromatic heterocycles. The monoisotopic (exact) mass is 353 g/mol. The van der Waals surface area contributed by atoms with Crippen LogP contribution in [0.25, 0.3) is 0 Å². The fourth-order valence-electron chi connectivity index (χ4n) is 0.984. The summed E-state index contributed by atoms with van der Waals surface area (Å²) in [5, 5.41) is 5.59. The van der Waals surface area contributed by atoms with E-state index in [1.807, 2.05) is 0 Å². The van der Waals surface area contributed by atoms with Crippen LogP contribution in [0.5, 0.6) is 0 Å². The topological polar surface area (TPSA) is 167 Å². The molecule has 94 valence electrons. The third-order valence-electron chi connectivity index (χ3n) is 2.00. The SMILES string of the molecule is CC(C)[C@H](N)C(O)(P(=O)([O-])O)P(=O)([O-])O.[Na+].[Na+].[Na].[Na]. The van der Waals surface area contributed by atoms with Gasteiger partial charge in [-0.2, -0.15) is 0 Å². The Balaban J connectivity index is -0.000000163. The number of hydrogen-bond acceptors (Lipinski definition) is 6. The van der Waals surface area contributed by atoms with Crippen molar-refractivity contribution in [3.8, 4) is 0 Å². The first-order valence-corrected chi connectivity index (χ1v) is 7.07. The Bertz CT molecular complexity index is 309. The van der Waals surface area contributed by atoms with Crippen molar-refractivity contribution in [2.75, 3.05) is 0 Å². The van der Waals surface area contributed by atoms with E-state index in [1.54, 1.807) is 0 Å². The summed E-state index contributed by atoms with van der Waals surface area (Å²) >= 11 is 0. The molecule has 0 heterocycles. The summed E-state index contributed by atoms with van der Waals surface area (Å²) in [7, 11) is -11.5. The minimum atomic E-state index is -5.76. The minimum Gasteiger partial charge on any atom is -0.776 e. The van der Waals surface area contributed by atoms with Gasteiger partial charge >= 0.3 is 59.1 Å². The van der Waals surface area contributed by atoms with Crippen molar-refractivity contribution in [2.45, 2.75) is 25.0 Å². The normalized spacial score (nSPS) is 20.9. The van der Waals surface area contributed by atoms with Gasteiger partial charge < -0.3 is 39.5 Å². The van der Waals surface area contributed by atoms with E-state index >= 15 is 0 Å². The van der Waals surface area contributed by atoms with Gasteiger partial charge in [-0.15, -0.1) is 0 Å². The molecule has 2 radical (unpaired) electrons. The molecule has 0 aliphatic carbocycles. The smallest absolute Gasteiger partial charge is 0.776 e. The van der Waals surface area contributed by atoms with E-state index in [2.05, 4.69) is 0 Å². The molecule has 0 spiro atoms. The molecule has 0 aromatic rings. The molecule has 0 bridgehead atoms. The van der Waals surface area contributed by atoms with Gasteiger partial charge in [0.25, 0.3) is 0 Å². The maximum atomic E-state index is 10.8. The molecule has 0 fully saturated rings. The molecular weight excluding hydrogens is 340 g/mol. The first kappa shape index (κ1) is 34.5. The van der Waals surface area contributed by atoms with Crippen LogP contribution in [-0.2, 0) is 9.13 Å². The van der Waals surface area contributed by atoms with E-state index in [0.717, 1.165) is 0 Å². The van der Waals surface area contributed by atoms with Crippen molar-refractivity contribution in [1.29, 1.82) is 0 Å². The molecule has 2 unspecified atom stereocenters. The zero-order chi connectivity index (χ0) is 12.7. The number of hydrogen-bond donors (Lipinski definition) is 4. The van der Waals surface area contributed by atoms with Crippen LogP contribution in [0.1, 0.15) is 13.8 Å². The summed E-state index contributed by atoms with van der Waals surface area (Å²) in [6, 6.07) is -1.86. The third-order valence-corrected chi connectivity index (χ3v) is 5.77. The number of aliphatic hydroxyl groups is 1. The molecule has 0 amide bonds. The molecule has 0 aliphatic heterocycles. The van der Waals surface area contributed by atoms with Gasteiger partial charge in [-0.05, 0) is 5.92 Å². The van der Waals surface area contributed by atoms with Gasteiger partial charge in [-0.1, -0.05) is 13.8 Å². The van der Waals surface area contributed by atoms with Crippen molar-refractivity contribution >= 4 is 74.3 Å². The van der Waals surface area contributed by atoms with Crippen molar-refractivity contribution in [2.24, 2.45) is 11.7 Å². The van der Waals surface area contributed by atoms with Crippen molar-refractivity contribution in [1.82, 2.24) is 0 Å². The van der Waals surface area contributed by atoms with Crippen LogP contribution in [0.15, 0.2) is 0 Å². The summed E-state index contributed by atoms with van der Waals surface area (Å²) in [4.78, 5) is 38.8. The molecular formula is C5H13NNa4O7P2. The molecule has 0 aliphatic rings. The Labute approximate surface area is 200 Å². The van der Waals surface area contributed by atoms with Crippen LogP contribution in [0.4, 0.5) is 0 Å². The molecule has 0 saturated carbocycles. The van der Waals surface area contributed by atoms with E-state index in [0.29, 0.717) is 0 Å². The largest absolute Gasteiger partial charge is 1.00 e. The fourth-order valence-corrected chi connectivity index (χ4v) is 3.61. The second kappa shape index (κ2) is 12.6. The molecule has 14 heteroatoms. The first-order valence-electron chi connectivity index (χ1n) is 3.91. The summed E-state index contributed by atoms with van der Waals surface area (Å²) in [5.41, 5.74) is 5.15. The van der Waals surface area contributed by atoms with Crippen LogP contribution >= 0.6 is 15.2 Å². The average Bonchev–Trinajstić information content (AvgIpc) is 1.96. The van der Waals surface area contributed by atoms with Gasteiger partial charge in [0.2, 0.25) is 5.08 Å². The molecule has 5 N–H and O–H groups in total. The van der Waals surface area contributed by atoms with Crippen LogP contribution in [0.2, 0.25) is 0 Å². The van der Waals surface area contributed by atoms with Gasteiger partial charge in [0.1, 0.15) is 0 Å². The van der Waals surface area contributed by atoms with E-state index < -0.39 is 32.2 Å². The molecule has 0 rings (SSSR count). The third kappa shape index (κ3) is 8.75. The molecule has 8 nitrogen and oxygen atoms in total. The first-order chi connectivity index (χ1) is 6.35. The van der Waals surface area contributed by atoms with Gasteiger partial charge in [0.05, 0.1) is 6.04 Å². The van der Waals surface area contributed by atoms with Crippen molar-refractivity contribution < 1.29 is 92.9 Å². The van der Waals surface area contributed by atoms with Gasteiger partial charge in [-0.3, -0.25) is 0 Å². The quantitative estimate of drug-likeness (QED) is 0.285. The predicted octanol–water partition coefficient (Wildman–Crippen LogP) is -9.05. The van der Waals surface area contributed by atoms with Crippen LogP contribution in [-0.4, -0.2) is 85.1 Å². The van der Waals surface area contributed by atoms with Crippen LogP contribution in [0, 0.1) is 5.92 Å². The van der Waals surface area contributed by atoms with Crippen molar-refractivity contribution in [3.63, 3.8) is 0 Å². The van der Waals surface area contributed by atoms with E-state index in [-0.39, 0.29) is 118 Å². The van der Waals surface area contributed by atoms with Crippen molar-refractivity contribution in [3.05, 3.63) is 0 Å². The maximum Gasteiger partial charge on any atom is 1.00 e. The van der Waals surface area contributed by atoms with Gasteiger partial charge in [-0.25, -0.2) is 0 Å². The fraction of sp³-hybridized carbons (Fsp3) is 1.00. The minimum absolute atomic E-state index is 0. The van der Waals surface area contributed by atoms with Gasteiger partial charge in [0, 0.05) is 59.1 Å². The summed E-state index contributed by atoms with van der Waals surface area (Å²) < 4.78 is 21.5. The predicted molar refractivity (Wildman–Crippen MR) is 58.9 cm³/mol.